The Morgan fingerprint density at radius 3 is 2.17 bits per heavy atom. The van der Waals surface area contributed by atoms with Gasteiger partial charge in [-0.25, -0.2) is 0 Å². The predicted octanol–water partition coefficient (Wildman–Crippen LogP) is 2.84. The van der Waals surface area contributed by atoms with Crippen molar-refractivity contribution < 1.29 is 0 Å². The SMILES string of the molecule is Cc1cccc(C)c1-n1nnnc1C1(N2CCNCC2)C2CC3CC(C2)CC1C3. The number of para-hydroxylation sites is 1. The van der Waals surface area contributed by atoms with Crippen LogP contribution < -0.4 is 5.32 Å². The van der Waals surface area contributed by atoms with Crippen LogP contribution >= 0.6 is 0 Å². The first-order chi connectivity index (χ1) is 14.2. The lowest BCUT2D eigenvalue weighted by molar-refractivity contribution is -0.150. The van der Waals surface area contributed by atoms with Gasteiger partial charge >= 0.3 is 0 Å². The van der Waals surface area contributed by atoms with Crippen LogP contribution in [-0.4, -0.2) is 51.3 Å². The van der Waals surface area contributed by atoms with E-state index in [0.717, 1.165) is 43.8 Å². The normalized spacial score (nSPS) is 36.6. The minimum Gasteiger partial charge on any atom is -0.314 e. The van der Waals surface area contributed by atoms with Crippen molar-refractivity contribution in [3.05, 3.63) is 35.2 Å². The van der Waals surface area contributed by atoms with Gasteiger partial charge in [-0.3, -0.25) is 4.90 Å². The van der Waals surface area contributed by atoms with Gasteiger partial charge in [0.25, 0.3) is 0 Å². The second-order valence-corrected chi connectivity index (χ2v) is 10.0. The van der Waals surface area contributed by atoms with Crippen LogP contribution in [0.4, 0.5) is 0 Å². The molecule has 1 aromatic heterocycles. The molecular formula is C23H32N6. The van der Waals surface area contributed by atoms with Gasteiger partial charge in [0.05, 0.1) is 11.2 Å². The fraction of sp³-hybridized carbons (Fsp3) is 0.696. The second kappa shape index (κ2) is 6.61. The summed E-state index contributed by atoms with van der Waals surface area (Å²) in [6, 6.07) is 6.50. The number of nitrogens with one attached hydrogen (secondary N) is 1. The molecule has 1 aliphatic heterocycles. The lowest BCUT2D eigenvalue weighted by Crippen LogP contribution is -2.67. The van der Waals surface area contributed by atoms with Crippen LogP contribution in [0.2, 0.25) is 0 Å². The summed E-state index contributed by atoms with van der Waals surface area (Å²) in [5.74, 6) is 4.35. The van der Waals surface area contributed by atoms with Gasteiger partial charge in [-0.05, 0) is 91.2 Å². The molecule has 4 saturated carbocycles. The first-order valence-electron chi connectivity index (χ1n) is 11.5. The van der Waals surface area contributed by atoms with Crippen molar-refractivity contribution >= 4 is 0 Å². The zero-order chi connectivity index (χ0) is 19.6. The maximum Gasteiger partial charge on any atom is 0.177 e. The summed E-state index contributed by atoms with van der Waals surface area (Å²) >= 11 is 0. The molecule has 0 amide bonds. The number of hydrogen-bond acceptors (Lipinski definition) is 5. The van der Waals surface area contributed by atoms with Gasteiger partial charge in [0.2, 0.25) is 0 Å². The molecule has 154 valence electrons. The number of aromatic nitrogens is 4. The fourth-order valence-corrected chi connectivity index (χ4v) is 7.69. The number of hydrogen-bond donors (Lipinski definition) is 1. The number of rotatable bonds is 3. The van der Waals surface area contributed by atoms with Crippen LogP contribution in [0.5, 0.6) is 0 Å². The van der Waals surface area contributed by atoms with E-state index in [1.54, 1.807) is 0 Å². The summed E-state index contributed by atoms with van der Waals surface area (Å²) in [7, 11) is 0. The number of aryl methyl sites for hydroxylation is 2. The summed E-state index contributed by atoms with van der Waals surface area (Å²) < 4.78 is 2.12. The third-order valence-corrected chi connectivity index (χ3v) is 8.50. The van der Waals surface area contributed by atoms with Crippen LogP contribution in [0.3, 0.4) is 0 Å². The molecule has 0 unspecified atom stereocenters. The quantitative estimate of drug-likeness (QED) is 0.870. The Bertz CT molecular complexity index is 858. The molecule has 5 fully saturated rings. The van der Waals surface area contributed by atoms with Gasteiger partial charge in [0, 0.05) is 26.2 Å². The zero-order valence-electron chi connectivity index (χ0n) is 17.6. The highest BCUT2D eigenvalue weighted by Crippen LogP contribution is 2.63. The molecule has 5 aliphatic rings. The lowest BCUT2D eigenvalue weighted by atomic mass is 9.47. The van der Waals surface area contributed by atoms with Gasteiger partial charge in [-0.15, -0.1) is 5.10 Å². The smallest absolute Gasteiger partial charge is 0.177 e. The molecule has 4 aliphatic carbocycles. The highest BCUT2D eigenvalue weighted by Gasteiger charge is 2.62. The molecule has 2 aromatic rings. The first kappa shape index (κ1) is 18.0. The Labute approximate surface area is 173 Å². The van der Waals surface area contributed by atoms with Crippen molar-refractivity contribution in [2.24, 2.45) is 23.7 Å². The van der Waals surface area contributed by atoms with Crippen molar-refractivity contribution in [3.63, 3.8) is 0 Å². The zero-order valence-corrected chi connectivity index (χ0v) is 17.6. The summed E-state index contributed by atoms with van der Waals surface area (Å²) in [4.78, 5) is 2.78. The van der Waals surface area contributed by atoms with Gasteiger partial charge in [-0.2, -0.15) is 4.68 Å². The van der Waals surface area contributed by atoms with Crippen molar-refractivity contribution in [1.29, 1.82) is 0 Å². The largest absolute Gasteiger partial charge is 0.314 e. The Morgan fingerprint density at radius 2 is 1.55 bits per heavy atom. The molecule has 1 N–H and O–H groups in total. The molecule has 0 atom stereocenters. The molecule has 7 rings (SSSR count). The van der Waals surface area contributed by atoms with Crippen molar-refractivity contribution in [1.82, 2.24) is 30.4 Å². The average Bonchev–Trinajstić information content (AvgIpc) is 3.18. The molecule has 4 bridgehead atoms. The van der Waals surface area contributed by atoms with Gasteiger partial charge in [0.15, 0.2) is 5.82 Å². The maximum atomic E-state index is 4.81. The first-order valence-corrected chi connectivity index (χ1v) is 11.5. The summed E-state index contributed by atoms with van der Waals surface area (Å²) in [6.45, 7) is 8.70. The van der Waals surface area contributed by atoms with E-state index in [1.165, 1.54) is 48.9 Å². The standard InChI is InChI=1S/C23H32N6/c1-15-4-3-5-16(2)21(15)29-22(25-26-27-29)23(28-8-6-24-7-9-28)19-11-17-10-18(13-19)14-20(23)12-17/h3-5,17-20,24H,6-14H2,1-2H3. The van der Waals surface area contributed by atoms with Gasteiger partial charge < -0.3 is 5.32 Å². The van der Waals surface area contributed by atoms with E-state index in [-0.39, 0.29) is 5.54 Å². The van der Waals surface area contributed by atoms with Crippen LogP contribution in [-0.2, 0) is 5.54 Å². The number of piperazine rings is 1. The highest BCUT2D eigenvalue weighted by molar-refractivity contribution is 5.47. The Morgan fingerprint density at radius 1 is 0.931 bits per heavy atom. The van der Waals surface area contributed by atoms with Crippen LogP contribution in [0.15, 0.2) is 18.2 Å². The Hall–Kier alpha value is -1.79. The average molecular weight is 393 g/mol. The van der Waals surface area contributed by atoms with Crippen molar-refractivity contribution in [3.8, 4) is 5.69 Å². The maximum absolute atomic E-state index is 4.81. The fourth-order valence-electron chi connectivity index (χ4n) is 7.69. The predicted molar refractivity (Wildman–Crippen MR) is 112 cm³/mol. The monoisotopic (exact) mass is 392 g/mol. The summed E-state index contributed by atoms with van der Waals surface area (Å²) in [5.41, 5.74) is 3.67. The highest BCUT2D eigenvalue weighted by atomic mass is 15.6. The van der Waals surface area contributed by atoms with Crippen LogP contribution in [0, 0.1) is 37.5 Å². The third kappa shape index (κ3) is 2.51. The summed E-state index contributed by atoms with van der Waals surface area (Å²) in [6.07, 6.45) is 6.90. The Kier molecular flexibility index (Phi) is 4.11. The van der Waals surface area contributed by atoms with Crippen molar-refractivity contribution in [2.45, 2.75) is 51.5 Å². The van der Waals surface area contributed by atoms with E-state index >= 15 is 0 Å². The van der Waals surface area contributed by atoms with Crippen molar-refractivity contribution in [2.75, 3.05) is 26.2 Å². The van der Waals surface area contributed by atoms with Gasteiger partial charge in [0.1, 0.15) is 0 Å². The molecule has 2 heterocycles. The molecule has 1 aromatic carbocycles. The Balaban J connectivity index is 1.55. The number of benzene rings is 1. The van der Waals surface area contributed by atoms with E-state index in [4.69, 9.17) is 5.10 Å². The number of tetrazole rings is 1. The van der Waals surface area contributed by atoms with E-state index in [1.807, 2.05) is 0 Å². The summed E-state index contributed by atoms with van der Waals surface area (Å²) in [5, 5.41) is 17.2. The third-order valence-electron chi connectivity index (χ3n) is 8.50. The molecule has 6 heteroatoms. The van der Waals surface area contributed by atoms with Gasteiger partial charge in [-0.1, -0.05) is 18.2 Å². The molecule has 0 spiro atoms. The minimum absolute atomic E-state index is 0.00621. The van der Waals surface area contributed by atoms with E-state index in [0.29, 0.717) is 11.8 Å². The molecular weight excluding hydrogens is 360 g/mol. The molecule has 6 nitrogen and oxygen atoms in total. The molecule has 0 radical (unpaired) electrons. The van der Waals surface area contributed by atoms with E-state index in [2.05, 4.69) is 57.4 Å². The molecule has 1 saturated heterocycles. The molecule has 29 heavy (non-hydrogen) atoms. The topological polar surface area (TPSA) is 58.9 Å². The van der Waals surface area contributed by atoms with Crippen LogP contribution in [0.25, 0.3) is 5.69 Å². The number of nitrogens with zero attached hydrogens (tertiary/aromatic N) is 5. The van der Waals surface area contributed by atoms with E-state index < -0.39 is 0 Å². The van der Waals surface area contributed by atoms with E-state index in [9.17, 15) is 0 Å². The lowest BCUT2D eigenvalue weighted by Gasteiger charge is -2.64. The second-order valence-electron chi connectivity index (χ2n) is 10.0. The van der Waals surface area contributed by atoms with Crippen LogP contribution in [0.1, 0.15) is 49.1 Å². The minimum atomic E-state index is -0.00621.